The van der Waals surface area contributed by atoms with Gasteiger partial charge in [0.05, 0.1) is 6.20 Å². The van der Waals surface area contributed by atoms with Crippen LogP contribution in [-0.2, 0) is 6.42 Å². The molecule has 1 saturated carbocycles. The third-order valence-electron chi connectivity index (χ3n) is 3.97. The number of benzene rings is 1. The number of anilines is 1. The SMILES string of the molecule is Fc1ccc(C[C@@H]2CCC[C@@H]2Nc2cnccn2)cc1. The highest BCUT2D eigenvalue weighted by atomic mass is 19.1. The molecule has 3 nitrogen and oxygen atoms in total. The topological polar surface area (TPSA) is 37.8 Å². The first-order valence-electron chi connectivity index (χ1n) is 7.08. The normalized spacial score (nSPS) is 21.9. The van der Waals surface area contributed by atoms with E-state index in [2.05, 4.69) is 15.3 Å². The van der Waals surface area contributed by atoms with Crippen LogP contribution in [0.15, 0.2) is 42.9 Å². The molecule has 4 heteroatoms. The zero-order valence-corrected chi connectivity index (χ0v) is 11.3. The van der Waals surface area contributed by atoms with Crippen LogP contribution in [0.4, 0.5) is 10.2 Å². The van der Waals surface area contributed by atoms with Crippen molar-refractivity contribution in [1.29, 1.82) is 0 Å². The Kier molecular flexibility index (Phi) is 3.90. The Morgan fingerprint density at radius 1 is 1.15 bits per heavy atom. The molecular weight excluding hydrogens is 253 g/mol. The first-order valence-corrected chi connectivity index (χ1v) is 7.08. The van der Waals surface area contributed by atoms with E-state index in [0.717, 1.165) is 18.7 Å². The summed E-state index contributed by atoms with van der Waals surface area (Å²) in [4.78, 5) is 8.35. The molecule has 104 valence electrons. The van der Waals surface area contributed by atoms with Crippen LogP contribution in [0.2, 0.25) is 0 Å². The average molecular weight is 271 g/mol. The molecule has 2 atom stereocenters. The van der Waals surface area contributed by atoms with Gasteiger partial charge in [-0.2, -0.15) is 0 Å². The molecule has 1 aromatic carbocycles. The Labute approximate surface area is 118 Å². The summed E-state index contributed by atoms with van der Waals surface area (Å²) in [6.45, 7) is 0. The zero-order chi connectivity index (χ0) is 13.8. The minimum absolute atomic E-state index is 0.172. The van der Waals surface area contributed by atoms with Gasteiger partial charge in [0.1, 0.15) is 11.6 Å². The molecule has 1 aliphatic rings. The molecule has 0 spiro atoms. The van der Waals surface area contributed by atoms with Crippen LogP contribution in [0, 0.1) is 11.7 Å². The molecule has 2 aromatic rings. The van der Waals surface area contributed by atoms with Gasteiger partial charge in [0.15, 0.2) is 0 Å². The zero-order valence-electron chi connectivity index (χ0n) is 11.3. The van der Waals surface area contributed by atoms with Crippen molar-refractivity contribution in [2.24, 2.45) is 5.92 Å². The molecule has 0 unspecified atom stereocenters. The molecule has 1 aliphatic carbocycles. The fourth-order valence-electron chi connectivity index (χ4n) is 2.96. The van der Waals surface area contributed by atoms with Crippen molar-refractivity contribution in [3.63, 3.8) is 0 Å². The summed E-state index contributed by atoms with van der Waals surface area (Å²) in [6.07, 6.45) is 9.70. The van der Waals surface area contributed by atoms with Crippen LogP contribution in [0.3, 0.4) is 0 Å². The molecule has 0 aliphatic heterocycles. The summed E-state index contributed by atoms with van der Waals surface area (Å²) in [7, 11) is 0. The van der Waals surface area contributed by atoms with E-state index in [1.807, 2.05) is 12.1 Å². The van der Waals surface area contributed by atoms with Crippen molar-refractivity contribution in [3.8, 4) is 0 Å². The predicted molar refractivity (Wildman–Crippen MR) is 76.9 cm³/mol. The molecule has 0 bridgehead atoms. The smallest absolute Gasteiger partial charge is 0.144 e. The average Bonchev–Trinajstić information content (AvgIpc) is 2.90. The minimum atomic E-state index is -0.172. The Morgan fingerprint density at radius 3 is 2.75 bits per heavy atom. The highest BCUT2D eigenvalue weighted by Gasteiger charge is 2.27. The molecule has 0 amide bonds. The molecule has 0 saturated heterocycles. The second-order valence-corrected chi connectivity index (χ2v) is 5.36. The minimum Gasteiger partial charge on any atom is -0.366 e. The maximum Gasteiger partial charge on any atom is 0.144 e. The number of hydrogen-bond acceptors (Lipinski definition) is 3. The predicted octanol–water partition coefficient (Wildman–Crippen LogP) is 3.44. The van der Waals surface area contributed by atoms with E-state index in [4.69, 9.17) is 0 Å². The van der Waals surface area contributed by atoms with Gasteiger partial charge >= 0.3 is 0 Å². The molecule has 1 aromatic heterocycles. The van der Waals surface area contributed by atoms with Crippen LogP contribution in [-0.4, -0.2) is 16.0 Å². The number of aromatic nitrogens is 2. The van der Waals surface area contributed by atoms with Crippen LogP contribution in [0.25, 0.3) is 0 Å². The molecule has 0 radical (unpaired) electrons. The lowest BCUT2D eigenvalue weighted by Crippen LogP contribution is -2.26. The third kappa shape index (κ3) is 3.13. The third-order valence-corrected chi connectivity index (χ3v) is 3.97. The van der Waals surface area contributed by atoms with Gasteiger partial charge in [-0.05, 0) is 42.9 Å². The lowest BCUT2D eigenvalue weighted by atomic mass is 9.94. The first kappa shape index (κ1) is 13.0. The van der Waals surface area contributed by atoms with E-state index in [1.54, 1.807) is 18.6 Å². The number of rotatable bonds is 4. The first-order chi connectivity index (χ1) is 9.81. The highest BCUT2D eigenvalue weighted by molar-refractivity contribution is 5.32. The van der Waals surface area contributed by atoms with Crippen molar-refractivity contribution in [2.75, 3.05) is 5.32 Å². The number of nitrogens with zero attached hydrogens (tertiary/aromatic N) is 2. The fourth-order valence-corrected chi connectivity index (χ4v) is 2.96. The van der Waals surface area contributed by atoms with Crippen LogP contribution >= 0.6 is 0 Å². The van der Waals surface area contributed by atoms with E-state index < -0.39 is 0 Å². The molecular formula is C16H18FN3. The van der Waals surface area contributed by atoms with Gasteiger partial charge in [-0.1, -0.05) is 18.6 Å². The Morgan fingerprint density at radius 2 is 2.00 bits per heavy atom. The molecule has 1 N–H and O–H groups in total. The van der Waals surface area contributed by atoms with Gasteiger partial charge < -0.3 is 5.32 Å². The second-order valence-electron chi connectivity index (χ2n) is 5.36. The fraction of sp³-hybridized carbons (Fsp3) is 0.375. The number of halogens is 1. The summed E-state index contributed by atoms with van der Waals surface area (Å²) < 4.78 is 12.9. The van der Waals surface area contributed by atoms with Crippen molar-refractivity contribution < 1.29 is 4.39 Å². The van der Waals surface area contributed by atoms with E-state index >= 15 is 0 Å². The standard InChI is InChI=1S/C16H18FN3/c17-14-6-4-12(5-7-14)10-13-2-1-3-15(13)20-16-11-18-8-9-19-16/h4-9,11,13,15H,1-3,10H2,(H,19,20)/t13-,15-/m0/s1. The monoisotopic (exact) mass is 271 g/mol. The van der Waals surface area contributed by atoms with Crippen molar-refractivity contribution in [3.05, 3.63) is 54.2 Å². The van der Waals surface area contributed by atoms with Gasteiger partial charge in [-0.15, -0.1) is 0 Å². The molecule has 20 heavy (non-hydrogen) atoms. The number of hydrogen-bond donors (Lipinski definition) is 1. The van der Waals surface area contributed by atoms with Gasteiger partial charge in [0, 0.05) is 18.4 Å². The molecule has 1 heterocycles. The van der Waals surface area contributed by atoms with Crippen molar-refractivity contribution in [1.82, 2.24) is 9.97 Å². The summed E-state index contributed by atoms with van der Waals surface area (Å²) >= 11 is 0. The van der Waals surface area contributed by atoms with Crippen LogP contribution < -0.4 is 5.32 Å². The maximum atomic E-state index is 12.9. The lowest BCUT2D eigenvalue weighted by Gasteiger charge is -2.21. The van der Waals surface area contributed by atoms with Crippen molar-refractivity contribution in [2.45, 2.75) is 31.7 Å². The Hall–Kier alpha value is -1.97. The lowest BCUT2D eigenvalue weighted by molar-refractivity contribution is 0.500. The van der Waals surface area contributed by atoms with Crippen LogP contribution in [0.5, 0.6) is 0 Å². The molecule has 1 fully saturated rings. The van der Waals surface area contributed by atoms with E-state index in [9.17, 15) is 4.39 Å². The van der Waals surface area contributed by atoms with Gasteiger partial charge in [0.2, 0.25) is 0 Å². The van der Waals surface area contributed by atoms with Gasteiger partial charge in [-0.3, -0.25) is 4.98 Å². The Balaban J connectivity index is 1.65. The van der Waals surface area contributed by atoms with E-state index in [0.29, 0.717) is 12.0 Å². The summed E-state index contributed by atoms with van der Waals surface area (Å²) in [5.74, 6) is 1.24. The Bertz CT molecular complexity index is 541. The quantitative estimate of drug-likeness (QED) is 0.925. The summed E-state index contributed by atoms with van der Waals surface area (Å²) in [6, 6.07) is 7.27. The summed E-state index contributed by atoms with van der Waals surface area (Å²) in [5, 5.41) is 3.47. The van der Waals surface area contributed by atoms with Crippen LogP contribution in [0.1, 0.15) is 24.8 Å². The maximum absolute atomic E-state index is 12.9. The van der Waals surface area contributed by atoms with Crippen molar-refractivity contribution >= 4 is 5.82 Å². The van der Waals surface area contributed by atoms with Gasteiger partial charge in [0.25, 0.3) is 0 Å². The van der Waals surface area contributed by atoms with E-state index in [1.165, 1.54) is 30.5 Å². The highest BCUT2D eigenvalue weighted by Crippen LogP contribution is 2.30. The number of nitrogens with one attached hydrogen (secondary N) is 1. The van der Waals surface area contributed by atoms with E-state index in [-0.39, 0.29) is 5.82 Å². The largest absolute Gasteiger partial charge is 0.366 e. The van der Waals surface area contributed by atoms with Gasteiger partial charge in [-0.25, -0.2) is 9.37 Å². The summed E-state index contributed by atoms with van der Waals surface area (Å²) in [5.41, 5.74) is 1.20. The second kappa shape index (κ2) is 5.99. The molecule has 3 rings (SSSR count).